The first-order chi connectivity index (χ1) is 61.5. The van der Waals surface area contributed by atoms with E-state index in [9.17, 15) is 0 Å². The lowest BCUT2D eigenvalue weighted by molar-refractivity contribution is 1.10. The fraction of sp³-hybridized carbons (Fsp3) is 0. The molecule has 17 aromatic carbocycles. The predicted octanol–water partition coefficient (Wildman–Crippen LogP) is 28.7. The normalized spacial score (nSPS) is 11.4. The Morgan fingerprint density at radius 2 is 0.403 bits per heavy atom. The summed E-state index contributed by atoms with van der Waals surface area (Å²) in [5.41, 5.74) is 30.0. The van der Waals surface area contributed by atoms with E-state index in [1.807, 2.05) is 66.7 Å². The first-order valence-corrected chi connectivity index (χ1v) is 41.7. The summed E-state index contributed by atoms with van der Waals surface area (Å²) in [5, 5.41) is 6.43. The van der Waals surface area contributed by atoms with Gasteiger partial charge in [-0.05, 0) is 105 Å². The summed E-state index contributed by atoms with van der Waals surface area (Å²) in [4.78, 5) is 42.4. The molecule has 580 valence electrons. The van der Waals surface area contributed by atoms with Crippen molar-refractivity contribution < 1.29 is 0 Å². The highest BCUT2D eigenvalue weighted by Gasteiger charge is 2.25. The van der Waals surface area contributed by atoms with Crippen LogP contribution in [0.2, 0.25) is 0 Å². The molecule has 0 bridgehead atoms. The van der Waals surface area contributed by atoms with Crippen LogP contribution >= 0.6 is 0 Å². The van der Waals surface area contributed by atoms with Gasteiger partial charge in [-0.3, -0.25) is 9.13 Å². The molecule has 6 aromatic heterocycles. The lowest BCUT2D eigenvalue weighted by Crippen LogP contribution is -1.97. The van der Waals surface area contributed by atoms with E-state index in [-0.39, 0.29) is 0 Å². The smallest absolute Gasteiger partial charge is 0.160 e. The van der Waals surface area contributed by atoms with Crippen molar-refractivity contribution in [3.8, 4) is 158 Å². The standard InChI is InChI=1S/C60H39N5.C54H35N5/c1-5-15-40(16-6-1)42-25-29-44(30-26-42)53-39-54(45-31-27-43(28-32-45)41-17-7-2-8-18-41)63-59(62-53)47-35-33-46(34-36-47)57-56-51(50-23-13-14-24-52(50)61-57)37-38-55-58(56)64-60(48-19-9-3-10-20-48)65(55)49-21-11-4-12-22-49;1-5-15-36(16-6-1)37-25-27-39(28-26-37)48-35-47(38-17-7-2-8-18-38)56-53(57-48)41-31-29-40(30-32-41)51-50-45(44-23-13-14-24-46(44)55-51)33-34-49-52(50)58-54(42-19-9-3-10-20-42)59(49)43-21-11-4-12-22-43/h1-39H;1-35H. The molecule has 0 spiro atoms. The number of hydrogen-bond acceptors (Lipinski definition) is 8. The lowest BCUT2D eigenvalue weighted by Gasteiger charge is -2.13. The van der Waals surface area contributed by atoms with E-state index >= 15 is 0 Å². The molecule has 124 heavy (non-hydrogen) atoms. The van der Waals surface area contributed by atoms with Gasteiger partial charge in [-0.25, -0.2) is 39.9 Å². The number of fused-ring (bicyclic) bond motifs is 10. The van der Waals surface area contributed by atoms with Gasteiger partial charge in [0, 0.05) is 88.6 Å². The second kappa shape index (κ2) is 32.1. The molecule has 0 aliphatic rings. The van der Waals surface area contributed by atoms with E-state index in [2.05, 4.69) is 391 Å². The molecule has 0 atom stereocenters. The second-order valence-electron chi connectivity index (χ2n) is 30.9. The average molecular weight is 1580 g/mol. The van der Waals surface area contributed by atoms with Crippen LogP contribution in [0.4, 0.5) is 0 Å². The lowest BCUT2D eigenvalue weighted by atomic mass is 9.98. The minimum atomic E-state index is 0.649. The fourth-order valence-electron chi connectivity index (χ4n) is 17.1. The molecule has 0 radical (unpaired) electrons. The number of imidazole rings is 2. The van der Waals surface area contributed by atoms with Gasteiger partial charge in [0.1, 0.15) is 11.6 Å². The van der Waals surface area contributed by atoms with E-state index in [1.54, 1.807) is 0 Å². The number of benzene rings is 17. The van der Waals surface area contributed by atoms with Crippen LogP contribution in [0.25, 0.3) is 223 Å². The largest absolute Gasteiger partial charge is 0.292 e. The van der Waals surface area contributed by atoms with E-state index in [0.29, 0.717) is 11.6 Å². The minimum Gasteiger partial charge on any atom is -0.292 e. The first kappa shape index (κ1) is 73.5. The zero-order valence-corrected chi connectivity index (χ0v) is 67.2. The maximum Gasteiger partial charge on any atom is 0.160 e. The molecule has 6 heterocycles. The number of hydrogen-bond donors (Lipinski definition) is 0. The van der Waals surface area contributed by atoms with Gasteiger partial charge in [-0.15, -0.1) is 0 Å². The molecule has 23 rings (SSSR count). The van der Waals surface area contributed by atoms with Gasteiger partial charge >= 0.3 is 0 Å². The van der Waals surface area contributed by atoms with Crippen molar-refractivity contribution in [3.05, 3.63) is 449 Å². The van der Waals surface area contributed by atoms with Crippen LogP contribution in [0.15, 0.2) is 449 Å². The maximum absolute atomic E-state index is 5.47. The Kier molecular flexibility index (Phi) is 19.1. The van der Waals surface area contributed by atoms with Gasteiger partial charge in [0.2, 0.25) is 0 Å². The van der Waals surface area contributed by atoms with E-state index in [0.717, 1.165) is 195 Å². The fourth-order valence-corrected chi connectivity index (χ4v) is 17.1. The summed E-state index contributed by atoms with van der Waals surface area (Å²) < 4.78 is 4.52. The third kappa shape index (κ3) is 14.0. The summed E-state index contributed by atoms with van der Waals surface area (Å²) in [6, 6.07) is 156. The highest BCUT2D eigenvalue weighted by molar-refractivity contribution is 6.22. The molecule has 0 saturated heterocycles. The highest BCUT2D eigenvalue weighted by Crippen LogP contribution is 2.44. The summed E-state index contributed by atoms with van der Waals surface area (Å²) >= 11 is 0. The van der Waals surface area contributed by atoms with E-state index in [4.69, 9.17) is 39.9 Å². The van der Waals surface area contributed by atoms with Crippen LogP contribution in [0, 0.1) is 0 Å². The van der Waals surface area contributed by atoms with Crippen molar-refractivity contribution in [2.45, 2.75) is 0 Å². The third-order valence-corrected chi connectivity index (χ3v) is 23.3. The van der Waals surface area contributed by atoms with Crippen molar-refractivity contribution in [3.63, 3.8) is 0 Å². The first-order valence-electron chi connectivity index (χ1n) is 41.7. The van der Waals surface area contributed by atoms with Crippen LogP contribution in [-0.2, 0) is 0 Å². The SMILES string of the molecule is c1ccc(-c2ccc(-c3cc(-c4ccc(-c5ccccc5)cc4)nc(-c4ccc(-c5nc6ccccc6c6ccc7c(nc(-c8ccccc8)n7-c7ccccc7)c56)cc4)n3)cc2)cc1.c1ccc(-c2ccc(-c3cc(-c4ccccc4)nc(-c4ccc(-c5nc6ccccc6c6ccc7c(nc(-c8ccccc8)n7-c7ccccc7)c56)cc4)n3)cc2)cc1. The molecule has 0 aliphatic carbocycles. The van der Waals surface area contributed by atoms with Crippen LogP contribution in [-0.4, -0.2) is 49.0 Å². The minimum absolute atomic E-state index is 0.649. The van der Waals surface area contributed by atoms with E-state index in [1.165, 1.54) is 16.7 Å². The van der Waals surface area contributed by atoms with E-state index < -0.39 is 0 Å². The topological polar surface area (TPSA) is 113 Å². The average Bonchev–Trinajstić information content (AvgIpc) is 1.53. The van der Waals surface area contributed by atoms with Crippen molar-refractivity contribution in [2.24, 2.45) is 0 Å². The molecule has 0 N–H and O–H groups in total. The third-order valence-electron chi connectivity index (χ3n) is 23.3. The maximum atomic E-state index is 5.47. The van der Waals surface area contributed by atoms with Crippen LogP contribution in [0.5, 0.6) is 0 Å². The Hall–Kier alpha value is -16.8. The molecular formula is C114H74N10. The Morgan fingerprint density at radius 3 is 0.726 bits per heavy atom. The summed E-state index contributed by atoms with van der Waals surface area (Å²) in [5.74, 6) is 3.07. The van der Waals surface area contributed by atoms with Gasteiger partial charge in [0.05, 0.1) is 67.3 Å². The summed E-state index contributed by atoms with van der Waals surface area (Å²) in [7, 11) is 0. The molecule has 10 nitrogen and oxygen atoms in total. The summed E-state index contributed by atoms with van der Waals surface area (Å²) in [6.07, 6.45) is 0. The number of aromatic nitrogens is 10. The van der Waals surface area contributed by atoms with Gasteiger partial charge in [0.15, 0.2) is 11.6 Å². The molecular weight excluding hydrogens is 1510 g/mol. The van der Waals surface area contributed by atoms with Crippen molar-refractivity contribution in [1.29, 1.82) is 0 Å². The second-order valence-corrected chi connectivity index (χ2v) is 30.9. The number of nitrogens with zero attached hydrogens (tertiary/aromatic N) is 10. The van der Waals surface area contributed by atoms with Crippen LogP contribution in [0.1, 0.15) is 0 Å². The summed E-state index contributed by atoms with van der Waals surface area (Å²) in [6.45, 7) is 0. The molecule has 0 unspecified atom stereocenters. The molecule has 10 heteroatoms. The Balaban J connectivity index is 0.000000148. The van der Waals surface area contributed by atoms with Crippen molar-refractivity contribution >= 4 is 65.4 Å². The molecule has 0 fully saturated rings. The van der Waals surface area contributed by atoms with Crippen LogP contribution < -0.4 is 0 Å². The zero-order valence-electron chi connectivity index (χ0n) is 67.2. The molecule has 0 aliphatic heterocycles. The van der Waals surface area contributed by atoms with Gasteiger partial charge in [-0.2, -0.15) is 0 Å². The zero-order chi connectivity index (χ0) is 82.2. The number of rotatable bonds is 15. The Bertz CT molecular complexity index is 7760. The molecule has 23 aromatic rings. The quantitative estimate of drug-likeness (QED) is 0.0933. The monoisotopic (exact) mass is 1580 g/mol. The Labute approximate surface area is 716 Å². The number of para-hydroxylation sites is 4. The molecule has 0 amide bonds. The van der Waals surface area contributed by atoms with Gasteiger partial charge in [0.25, 0.3) is 0 Å². The highest BCUT2D eigenvalue weighted by atomic mass is 15.1. The van der Waals surface area contributed by atoms with Gasteiger partial charge < -0.3 is 0 Å². The predicted molar refractivity (Wildman–Crippen MR) is 510 cm³/mol. The number of pyridine rings is 2. The van der Waals surface area contributed by atoms with Gasteiger partial charge in [-0.1, -0.05) is 388 Å². The molecule has 0 saturated carbocycles. The van der Waals surface area contributed by atoms with Crippen molar-refractivity contribution in [2.75, 3.05) is 0 Å². The van der Waals surface area contributed by atoms with Crippen LogP contribution in [0.3, 0.4) is 0 Å². The Morgan fingerprint density at radius 1 is 0.161 bits per heavy atom. The van der Waals surface area contributed by atoms with Crippen molar-refractivity contribution in [1.82, 2.24) is 49.0 Å².